The first-order valence-electron chi connectivity index (χ1n) is 7.99. The van der Waals surface area contributed by atoms with Gasteiger partial charge in [0.1, 0.15) is 5.75 Å². The third-order valence-corrected chi connectivity index (χ3v) is 5.08. The molecular weight excluding hydrogens is 370 g/mol. The largest absolute Gasteiger partial charge is 0.497 e. The minimum absolute atomic E-state index is 0.00324. The van der Waals surface area contributed by atoms with Crippen LogP contribution in [0.2, 0.25) is 0 Å². The Bertz CT molecular complexity index is 1010. The molecule has 0 saturated carbocycles. The zero-order valence-electron chi connectivity index (χ0n) is 14.5. The Morgan fingerprint density at radius 3 is 2.44 bits per heavy atom. The molecule has 0 aliphatic heterocycles. The second-order valence-electron chi connectivity index (χ2n) is 5.62. The lowest BCUT2D eigenvalue weighted by atomic mass is 10.2. The molecule has 0 saturated heterocycles. The van der Waals surface area contributed by atoms with Crippen LogP contribution in [0, 0.1) is 0 Å². The first-order valence-corrected chi connectivity index (χ1v) is 9.64. The maximum absolute atomic E-state index is 12.3. The lowest BCUT2D eigenvalue weighted by molar-refractivity contribution is 0.0946. The lowest BCUT2D eigenvalue weighted by Crippen LogP contribution is -2.22. The van der Waals surface area contributed by atoms with Gasteiger partial charge in [-0.05, 0) is 29.8 Å². The number of amides is 1. The van der Waals surface area contributed by atoms with E-state index in [9.17, 15) is 13.2 Å². The summed E-state index contributed by atoms with van der Waals surface area (Å²) in [6.45, 7) is -0.0846. The van der Waals surface area contributed by atoms with Crippen LogP contribution in [0.25, 0.3) is 0 Å². The molecule has 0 spiro atoms. The predicted molar refractivity (Wildman–Crippen MR) is 95.8 cm³/mol. The zero-order valence-corrected chi connectivity index (χ0v) is 15.3. The standard InChI is InChI=1S/C18H17N3O5S/c1-25-15-9-7-14(8-10-15)17(22)19-11-16-20-21-18(26-16)27(23,24)12-13-5-3-2-4-6-13/h2-10H,11-12H2,1H3,(H,19,22). The molecule has 27 heavy (non-hydrogen) atoms. The van der Waals surface area contributed by atoms with Crippen LogP contribution in [-0.2, 0) is 22.1 Å². The topological polar surface area (TPSA) is 111 Å². The second-order valence-corrected chi connectivity index (χ2v) is 7.48. The smallest absolute Gasteiger partial charge is 0.335 e. The summed E-state index contributed by atoms with van der Waals surface area (Å²) in [5, 5.41) is 9.40. The number of benzene rings is 2. The van der Waals surface area contributed by atoms with Crippen molar-refractivity contribution in [3.63, 3.8) is 0 Å². The maximum Gasteiger partial charge on any atom is 0.335 e. The van der Waals surface area contributed by atoms with Crippen LogP contribution in [0.4, 0.5) is 0 Å². The van der Waals surface area contributed by atoms with E-state index >= 15 is 0 Å². The van der Waals surface area contributed by atoms with Crippen molar-refractivity contribution in [1.82, 2.24) is 15.5 Å². The minimum atomic E-state index is -3.76. The summed E-state index contributed by atoms with van der Waals surface area (Å²) in [7, 11) is -2.22. The Labute approximate surface area is 156 Å². The molecule has 1 aromatic heterocycles. The zero-order chi connectivity index (χ0) is 19.3. The number of aromatic nitrogens is 2. The van der Waals surface area contributed by atoms with Crippen LogP contribution in [0.1, 0.15) is 21.8 Å². The molecule has 2 aromatic carbocycles. The lowest BCUT2D eigenvalue weighted by Gasteiger charge is -2.04. The summed E-state index contributed by atoms with van der Waals surface area (Å²) in [5.74, 6) is 0.0398. The molecule has 8 nitrogen and oxygen atoms in total. The van der Waals surface area contributed by atoms with Crippen molar-refractivity contribution >= 4 is 15.7 Å². The first kappa shape index (κ1) is 18.6. The number of carbonyl (C=O) groups is 1. The summed E-state index contributed by atoms with van der Waals surface area (Å²) in [5.41, 5.74) is 1.04. The van der Waals surface area contributed by atoms with Crippen molar-refractivity contribution in [2.24, 2.45) is 0 Å². The van der Waals surface area contributed by atoms with Crippen LogP contribution >= 0.6 is 0 Å². The quantitative estimate of drug-likeness (QED) is 0.660. The Morgan fingerprint density at radius 1 is 1.07 bits per heavy atom. The van der Waals surface area contributed by atoms with E-state index in [0.717, 1.165) is 0 Å². The van der Waals surface area contributed by atoms with E-state index in [1.807, 2.05) is 0 Å². The third kappa shape index (κ3) is 4.70. The molecule has 0 radical (unpaired) electrons. The number of methoxy groups -OCH3 is 1. The Kier molecular flexibility index (Phi) is 5.51. The fourth-order valence-corrected chi connectivity index (χ4v) is 3.43. The minimum Gasteiger partial charge on any atom is -0.497 e. The molecule has 0 atom stereocenters. The molecule has 1 amide bonds. The molecule has 0 fully saturated rings. The van der Waals surface area contributed by atoms with Gasteiger partial charge in [-0.15, -0.1) is 5.10 Å². The molecule has 0 aliphatic carbocycles. The number of rotatable bonds is 7. The van der Waals surface area contributed by atoms with E-state index in [1.165, 1.54) is 7.11 Å². The van der Waals surface area contributed by atoms with Crippen molar-refractivity contribution in [3.05, 3.63) is 71.6 Å². The number of sulfone groups is 1. The average molecular weight is 387 g/mol. The third-order valence-electron chi connectivity index (χ3n) is 3.67. The van der Waals surface area contributed by atoms with Crippen molar-refractivity contribution in [2.45, 2.75) is 17.5 Å². The normalized spacial score (nSPS) is 11.1. The van der Waals surface area contributed by atoms with Gasteiger partial charge in [-0.25, -0.2) is 8.42 Å². The highest BCUT2D eigenvalue weighted by molar-refractivity contribution is 7.90. The van der Waals surface area contributed by atoms with Crippen LogP contribution in [0.15, 0.2) is 64.2 Å². The fourth-order valence-electron chi connectivity index (χ4n) is 2.29. The van der Waals surface area contributed by atoms with Gasteiger partial charge in [0, 0.05) is 5.56 Å². The van der Waals surface area contributed by atoms with E-state index in [1.54, 1.807) is 54.6 Å². The van der Waals surface area contributed by atoms with Crippen molar-refractivity contribution in [3.8, 4) is 5.75 Å². The van der Waals surface area contributed by atoms with Gasteiger partial charge in [-0.1, -0.05) is 35.4 Å². The fraction of sp³-hybridized carbons (Fsp3) is 0.167. The summed E-state index contributed by atoms with van der Waals surface area (Å²) >= 11 is 0. The van der Waals surface area contributed by atoms with Crippen LogP contribution < -0.4 is 10.1 Å². The summed E-state index contributed by atoms with van der Waals surface area (Å²) in [6.07, 6.45) is 0. The first-order chi connectivity index (χ1) is 13.0. The molecular formula is C18H17N3O5S. The molecule has 0 bridgehead atoms. The van der Waals surface area contributed by atoms with E-state index < -0.39 is 15.1 Å². The molecule has 140 valence electrons. The van der Waals surface area contributed by atoms with Gasteiger partial charge in [0.25, 0.3) is 5.91 Å². The molecule has 3 rings (SSSR count). The molecule has 0 unspecified atom stereocenters. The Hall–Kier alpha value is -3.20. The maximum atomic E-state index is 12.3. The van der Waals surface area contributed by atoms with Crippen molar-refractivity contribution in [1.29, 1.82) is 0 Å². The summed E-state index contributed by atoms with van der Waals surface area (Å²) in [4.78, 5) is 12.1. The van der Waals surface area contributed by atoms with Gasteiger partial charge < -0.3 is 14.5 Å². The van der Waals surface area contributed by atoms with E-state index in [-0.39, 0.29) is 24.1 Å². The number of carbonyl (C=O) groups excluding carboxylic acids is 1. The van der Waals surface area contributed by atoms with Gasteiger partial charge in [-0.3, -0.25) is 4.79 Å². The van der Waals surface area contributed by atoms with E-state index in [4.69, 9.17) is 9.15 Å². The van der Waals surface area contributed by atoms with Crippen LogP contribution in [0.5, 0.6) is 5.75 Å². The van der Waals surface area contributed by atoms with Gasteiger partial charge in [-0.2, -0.15) is 0 Å². The van der Waals surface area contributed by atoms with Crippen LogP contribution in [0.3, 0.4) is 0 Å². The number of hydrogen-bond donors (Lipinski definition) is 1. The van der Waals surface area contributed by atoms with Gasteiger partial charge in [0.2, 0.25) is 15.7 Å². The van der Waals surface area contributed by atoms with E-state index in [2.05, 4.69) is 15.5 Å². The van der Waals surface area contributed by atoms with Crippen molar-refractivity contribution in [2.75, 3.05) is 7.11 Å². The summed E-state index contributed by atoms with van der Waals surface area (Å²) in [6, 6.07) is 15.2. The van der Waals surface area contributed by atoms with Gasteiger partial charge in [0.05, 0.1) is 19.4 Å². The molecule has 0 aliphatic rings. The molecule has 1 heterocycles. The van der Waals surface area contributed by atoms with Crippen LogP contribution in [-0.4, -0.2) is 31.6 Å². The Balaban J connectivity index is 1.62. The highest BCUT2D eigenvalue weighted by Crippen LogP contribution is 2.15. The number of hydrogen-bond acceptors (Lipinski definition) is 7. The highest BCUT2D eigenvalue weighted by atomic mass is 32.2. The molecule has 9 heteroatoms. The molecule has 1 N–H and O–H groups in total. The number of nitrogens with one attached hydrogen (secondary N) is 1. The average Bonchev–Trinajstić information content (AvgIpc) is 3.17. The van der Waals surface area contributed by atoms with Gasteiger partial charge in [0.15, 0.2) is 0 Å². The summed E-state index contributed by atoms with van der Waals surface area (Å²) < 4.78 is 34.9. The van der Waals surface area contributed by atoms with E-state index in [0.29, 0.717) is 16.9 Å². The van der Waals surface area contributed by atoms with Gasteiger partial charge >= 0.3 is 5.22 Å². The number of ether oxygens (including phenoxy) is 1. The molecule has 3 aromatic rings. The monoisotopic (exact) mass is 387 g/mol. The highest BCUT2D eigenvalue weighted by Gasteiger charge is 2.23. The predicted octanol–water partition coefficient (Wildman–Crippen LogP) is 1.98. The SMILES string of the molecule is COc1ccc(C(=O)NCc2nnc(S(=O)(=O)Cc3ccccc3)o2)cc1. The van der Waals surface area contributed by atoms with Crippen molar-refractivity contribution < 1.29 is 22.4 Å². The Morgan fingerprint density at radius 2 is 1.78 bits per heavy atom. The number of nitrogens with zero attached hydrogens (tertiary/aromatic N) is 2. The second kappa shape index (κ2) is 8.00.